The number of amides is 2. The first-order valence-corrected chi connectivity index (χ1v) is 11.2. The van der Waals surface area contributed by atoms with Crippen LogP contribution in [-0.4, -0.2) is 44.7 Å². The van der Waals surface area contributed by atoms with Gasteiger partial charge in [-0.15, -0.1) is 0 Å². The SMILES string of the molecule is Cc1cc(-c2c(-c3cccc(C#N)c3)nn3ccc(NC(=O)N[C@@H]4CCNC4)nc23)cc(Cl)n1. The van der Waals surface area contributed by atoms with Crippen LogP contribution in [0.3, 0.4) is 0 Å². The van der Waals surface area contributed by atoms with Crippen LogP contribution in [0, 0.1) is 18.3 Å². The summed E-state index contributed by atoms with van der Waals surface area (Å²) in [4.78, 5) is 21.4. The van der Waals surface area contributed by atoms with Gasteiger partial charge in [-0.25, -0.2) is 19.3 Å². The summed E-state index contributed by atoms with van der Waals surface area (Å²) in [5, 5.41) is 23.4. The lowest BCUT2D eigenvalue weighted by molar-refractivity contribution is 0.249. The Bertz CT molecular complexity index is 1410. The zero-order valence-electron chi connectivity index (χ0n) is 18.3. The van der Waals surface area contributed by atoms with E-state index in [0.29, 0.717) is 27.9 Å². The van der Waals surface area contributed by atoms with Gasteiger partial charge in [0.25, 0.3) is 0 Å². The molecule has 34 heavy (non-hydrogen) atoms. The molecule has 0 saturated carbocycles. The van der Waals surface area contributed by atoms with Crippen molar-refractivity contribution in [2.45, 2.75) is 19.4 Å². The van der Waals surface area contributed by atoms with Crippen molar-refractivity contribution in [3.05, 3.63) is 65.1 Å². The molecule has 1 aliphatic rings. The van der Waals surface area contributed by atoms with Gasteiger partial charge in [0, 0.05) is 30.0 Å². The summed E-state index contributed by atoms with van der Waals surface area (Å²) in [6.45, 7) is 3.50. The van der Waals surface area contributed by atoms with Crippen molar-refractivity contribution < 1.29 is 4.79 Å². The van der Waals surface area contributed by atoms with Crippen LogP contribution in [0.5, 0.6) is 0 Å². The molecule has 2 amide bonds. The van der Waals surface area contributed by atoms with Gasteiger partial charge < -0.3 is 10.6 Å². The maximum Gasteiger partial charge on any atom is 0.320 e. The minimum absolute atomic E-state index is 0.0928. The molecule has 1 fully saturated rings. The molecule has 0 spiro atoms. The Labute approximate surface area is 200 Å². The second kappa shape index (κ2) is 9.09. The summed E-state index contributed by atoms with van der Waals surface area (Å²) in [5.41, 5.74) is 4.74. The smallest absolute Gasteiger partial charge is 0.320 e. The van der Waals surface area contributed by atoms with E-state index in [1.165, 1.54) is 0 Å². The van der Waals surface area contributed by atoms with E-state index in [1.54, 1.807) is 35.0 Å². The number of halogens is 1. The molecule has 3 aromatic heterocycles. The van der Waals surface area contributed by atoms with Crippen LogP contribution in [-0.2, 0) is 0 Å². The van der Waals surface area contributed by atoms with E-state index in [9.17, 15) is 10.1 Å². The van der Waals surface area contributed by atoms with Crippen LogP contribution in [0.25, 0.3) is 28.0 Å². The number of benzene rings is 1. The summed E-state index contributed by atoms with van der Waals surface area (Å²) >= 11 is 6.27. The maximum atomic E-state index is 12.5. The number of urea groups is 1. The van der Waals surface area contributed by atoms with E-state index in [-0.39, 0.29) is 12.1 Å². The van der Waals surface area contributed by atoms with Gasteiger partial charge in [0.1, 0.15) is 16.7 Å². The number of hydrogen-bond donors (Lipinski definition) is 3. The molecule has 0 radical (unpaired) electrons. The molecule has 1 aliphatic heterocycles. The third kappa shape index (κ3) is 4.41. The van der Waals surface area contributed by atoms with Gasteiger partial charge >= 0.3 is 6.03 Å². The number of aromatic nitrogens is 4. The zero-order chi connectivity index (χ0) is 23.7. The topological polar surface area (TPSA) is 120 Å². The van der Waals surface area contributed by atoms with Gasteiger partial charge in [-0.3, -0.25) is 5.32 Å². The van der Waals surface area contributed by atoms with Gasteiger partial charge in [0.15, 0.2) is 5.65 Å². The Balaban J connectivity index is 1.61. The first-order valence-electron chi connectivity index (χ1n) is 10.8. The van der Waals surface area contributed by atoms with Gasteiger partial charge in [-0.1, -0.05) is 23.7 Å². The van der Waals surface area contributed by atoms with Crippen LogP contribution < -0.4 is 16.0 Å². The van der Waals surface area contributed by atoms with Crippen molar-refractivity contribution >= 4 is 29.1 Å². The number of rotatable bonds is 4. The molecule has 1 saturated heterocycles. The Hall–Kier alpha value is -4.00. The summed E-state index contributed by atoms with van der Waals surface area (Å²) in [6, 6.07) is 14.5. The Morgan fingerprint density at radius 1 is 1.24 bits per heavy atom. The molecule has 0 bridgehead atoms. The average molecular weight is 473 g/mol. The third-order valence-corrected chi connectivity index (χ3v) is 5.79. The minimum Gasteiger partial charge on any atom is -0.334 e. The summed E-state index contributed by atoms with van der Waals surface area (Å²) in [5.74, 6) is 0.395. The molecular formula is C24H21ClN8O. The third-order valence-electron chi connectivity index (χ3n) is 5.60. The highest BCUT2D eigenvalue weighted by Gasteiger charge is 2.21. The molecule has 5 rings (SSSR count). The maximum absolute atomic E-state index is 12.5. The molecule has 4 aromatic rings. The van der Waals surface area contributed by atoms with Gasteiger partial charge in [-0.05, 0) is 55.8 Å². The van der Waals surface area contributed by atoms with Crippen molar-refractivity contribution in [2.24, 2.45) is 0 Å². The number of pyridine rings is 1. The van der Waals surface area contributed by atoms with Crippen molar-refractivity contribution in [1.82, 2.24) is 30.2 Å². The van der Waals surface area contributed by atoms with Crippen molar-refractivity contribution in [2.75, 3.05) is 18.4 Å². The number of fused-ring (bicyclic) bond motifs is 1. The van der Waals surface area contributed by atoms with Crippen LogP contribution >= 0.6 is 11.6 Å². The standard InChI is InChI=1S/C24H21ClN8O/c1-14-9-17(11-19(25)28-14)21-22(16-4-2-3-15(10-16)12-26)32-33-8-6-20(30-23(21)33)31-24(34)29-18-5-7-27-13-18/h2-4,6,8-11,18,27H,5,7,13H2,1H3,(H2,29,30,31,34)/t18-/m1/s1. The summed E-state index contributed by atoms with van der Waals surface area (Å²) < 4.78 is 1.65. The predicted octanol–water partition coefficient (Wildman–Crippen LogP) is 3.78. The second-order valence-corrected chi connectivity index (χ2v) is 8.49. The molecule has 170 valence electrons. The van der Waals surface area contributed by atoms with Crippen LogP contribution in [0.1, 0.15) is 17.7 Å². The number of nitriles is 1. The lowest BCUT2D eigenvalue weighted by Crippen LogP contribution is -2.39. The number of aryl methyl sites for hydroxylation is 1. The molecule has 1 aromatic carbocycles. The van der Waals surface area contributed by atoms with Crippen LogP contribution in [0.15, 0.2) is 48.7 Å². The van der Waals surface area contributed by atoms with Crippen molar-refractivity contribution in [3.63, 3.8) is 0 Å². The first-order chi connectivity index (χ1) is 16.5. The van der Waals surface area contributed by atoms with Gasteiger partial charge in [0.2, 0.25) is 0 Å². The Morgan fingerprint density at radius 2 is 2.12 bits per heavy atom. The number of carbonyl (C=O) groups is 1. The zero-order valence-corrected chi connectivity index (χ0v) is 19.1. The number of nitrogens with zero attached hydrogens (tertiary/aromatic N) is 5. The van der Waals surface area contributed by atoms with E-state index in [4.69, 9.17) is 21.7 Å². The number of anilines is 1. The lowest BCUT2D eigenvalue weighted by Gasteiger charge is -2.12. The molecule has 0 unspecified atom stereocenters. The highest BCUT2D eigenvalue weighted by Crippen LogP contribution is 2.36. The fourth-order valence-corrected chi connectivity index (χ4v) is 4.34. The van der Waals surface area contributed by atoms with E-state index in [1.807, 2.05) is 25.1 Å². The fraction of sp³-hybridized carbons (Fsp3) is 0.208. The Kier molecular flexibility index (Phi) is 5.84. The summed E-state index contributed by atoms with van der Waals surface area (Å²) in [7, 11) is 0. The molecule has 0 aliphatic carbocycles. The van der Waals surface area contributed by atoms with Gasteiger partial charge in [-0.2, -0.15) is 10.4 Å². The number of nitrogens with one attached hydrogen (secondary N) is 3. The molecule has 4 heterocycles. The molecule has 9 nitrogen and oxygen atoms in total. The first kappa shape index (κ1) is 21.8. The van der Waals surface area contributed by atoms with Crippen molar-refractivity contribution in [3.8, 4) is 28.5 Å². The highest BCUT2D eigenvalue weighted by atomic mass is 35.5. The molecule has 3 N–H and O–H groups in total. The Morgan fingerprint density at radius 3 is 2.88 bits per heavy atom. The largest absolute Gasteiger partial charge is 0.334 e. The number of carbonyl (C=O) groups excluding carboxylic acids is 1. The van der Waals surface area contributed by atoms with Gasteiger partial charge in [0.05, 0.1) is 17.2 Å². The molecule has 1 atom stereocenters. The van der Waals surface area contributed by atoms with E-state index >= 15 is 0 Å². The fourth-order valence-electron chi connectivity index (χ4n) is 4.09. The molecular weight excluding hydrogens is 452 g/mol. The van der Waals surface area contributed by atoms with E-state index < -0.39 is 0 Å². The van der Waals surface area contributed by atoms with Crippen LogP contribution in [0.4, 0.5) is 10.6 Å². The number of hydrogen-bond acceptors (Lipinski definition) is 6. The van der Waals surface area contributed by atoms with E-state index in [0.717, 1.165) is 41.9 Å². The van der Waals surface area contributed by atoms with E-state index in [2.05, 4.69) is 27.0 Å². The second-order valence-electron chi connectivity index (χ2n) is 8.11. The van der Waals surface area contributed by atoms with Crippen LogP contribution in [0.2, 0.25) is 5.15 Å². The highest BCUT2D eigenvalue weighted by molar-refractivity contribution is 6.29. The quantitative estimate of drug-likeness (QED) is 0.389. The predicted molar refractivity (Wildman–Crippen MR) is 130 cm³/mol. The minimum atomic E-state index is -0.309. The lowest BCUT2D eigenvalue weighted by atomic mass is 10.00. The monoisotopic (exact) mass is 472 g/mol. The summed E-state index contributed by atoms with van der Waals surface area (Å²) in [6.07, 6.45) is 2.63. The van der Waals surface area contributed by atoms with Crippen molar-refractivity contribution in [1.29, 1.82) is 5.26 Å². The molecule has 10 heteroatoms. The normalized spacial score (nSPS) is 15.3. The average Bonchev–Trinajstić information content (AvgIpc) is 3.46.